The molecule has 1 atom stereocenters. The summed E-state index contributed by atoms with van der Waals surface area (Å²) in [7, 11) is 3.14. The van der Waals surface area contributed by atoms with E-state index < -0.39 is 18.2 Å². The summed E-state index contributed by atoms with van der Waals surface area (Å²) >= 11 is 0. The number of ether oxygens (including phenoxy) is 1. The van der Waals surface area contributed by atoms with Crippen LogP contribution in [0.5, 0.6) is 5.75 Å². The van der Waals surface area contributed by atoms with E-state index in [1.165, 1.54) is 40.6 Å². The van der Waals surface area contributed by atoms with Crippen LogP contribution in [0.2, 0.25) is 0 Å². The Bertz CT molecular complexity index is 2000. The summed E-state index contributed by atoms with van der Waals surface area (Å²) in [6.07, 6.45) is 3.35. The molecule has 0 saturated carbocycles. The number of nitrogens with one attached hydrogen (secondary N) is 2. The molecule has 294 valence electrons. The van der Waals surface area contributed by atoms with Gasteiger partial charge in [-0.25, -0.2) is 4.39 Å². The molecule has 2 aliphatic heterocycles. The lowest BCUT2D eigenvalue weighted by molar-refractivity contribution is -0.275. The molecular weight excluding hydrogens is 714 g/mol. The fraction of sp³-hybridized carbons (Fsp3) is 0.452. The van der Waals surface area contributed by atoms with Gasteiger partial charge in [0.05, 0.1) is 6.04 Å². The third-order valence-electron chi connectivity index (χ3n) is 11.2. The summed E-state index contributed by atoms with van der Waals surface area (Å²) < 4.78 is 60.9. The van der Waals surface area contributed by atoms with Gasteiger partial charge in [0.25, 0.3) is 5.56 Å². The quantitative estimate of drug-likeness (QED) is 0.103. The molecule has 2 aliphatic rings. The molecule has 1 amide bonds. The van der Waals surface area contributed by atoms with Gasteiger partial charge in [-0.3, -0.25) is 14.5 Å². The summed E-state index contributed by atoms with van der Waals surface area (Å²) in [5.41, 5.74) is 3.07. The van der Waals surface area contributed by atoms with Crippen LogP contribution in [0.4, 0.5) is 23.2 Å². The molecule has 6 rings (SSSR count). The highest BCUT2D eigenvalue weighted by atomic mass is 19.4. The molecule has 2 fully saturated rings. The van der Waals surface area contributed by atoms with Crippen molar-refractivity contribution >= 4 is 28.7 Å². The Hall–Kier alpha value is -4.75. The molecule has 9 nitrogen and oxygen atoms in total. The number of halogens is 4. The molecule has 55 heavy (non-hydrogen) atoms. The van der Waals surface area contributed by atoms with Gasteiger partial charge in [-0.15, -0.1) is 13.2 Å². The number of fused-ring (bicyclic) bond motifs is 1. The number of pyridine rings is 1. The Kier molecular flexibility index (Phi) is 12.9. The molecule has 13 heteroatoms. The van der Waals surface area contributed by atoms with Crippen LogP contribution in [0.25, 0.3) is 21.9 Å². The van der Waals surface area contributed by atoms with Crippen molar-refractivity contribution in [3.05, 3.63) is 94.2 Å². The van der Waals surface area contributed by atoms with Gasteiger partial charge in [0.1, 0.15) is 17.9 Å². The van der Waals surface area contributed by atoms with E-state index >= 15 is 0 Å². The molecule has 2 N–H and O–H groups in total. The second-order valence-electron chi connectivity index (χ2n) is 14.9. The van der Waals surface area contributed by atoms with Crippen LogP contribution in [-0.2, 0) is 23.2 Å². The van der Waals surface area contributed by atoms with E-state index in [0.717, 1.165) is 76.8 Å². The van der Waals surface area contributed by atoms with Crippen molar-refractivity contribution in [1.29, 1.82) is 0 Å². The first-order valence-corrected chi connectivity index (χ1v) is 19.0. The number of rotatable bonds is 14. The number of amides is 1. The number of hydrogen-bond acceptors (Lipinski definition) is 7. The number of anilines is 1. The highest BCUT2D eigenvalue weighted by Gasteiger charge is 2.33. The van der Waals surface area contributed by atoms with Crippen LogP contribution in [-0.4, -0.2) is 78.7 Å². The van der Waals surface area contributed by atoms with Gasteiger partial charge < -0.3 is 29.6 Å². The van der Waals surface area contributed by atoms with Crippen LogP contribution >= 0.6 is 0 Å². The van der Waals surface area contributed by atoms with Crippen molar-refractivity contribution in [2.24, 2.45) is 13.0 Å². The number of piperidine rings is 2. The lowest BCUT2D eigenvalue weighted by Crippen LogP contribution is -2.37. The molecule has 3 heterocycles. The normalized spacial score (nSPS) is 16.9. The number of aryl methyl sites for hydroxylation is 1. The maximum absolute atomic E-state index is 14.2. The Morgan fingerprint density at radius 1 is 0.945 bits per heavy atom. The molecule has 3 aromatic carbocycles. The third-order valence-corrected chi connectivity index (χ3v) is 11.2. The largest absolute Gasteiger partial charge is 0.573 e. The molecule has 0 bridgehead atoms. The van der Waals surface area contributed by atoms with Crippen LogP contribution in [0.15, 0.2) is 71.7 Å². The SMILES string of the molecule is CNC(=O)CCC(C=O)Nc1ccc(C2CCN(CCC3CCN(Cc4ccc(-c5cn(C)c(=O)c6ccc(F)cc56)cc4OC(F)(F)F)CC3)CC2)cc1. The van der Waals surface area contributed by atoms with Crippen molar-refractivity contribution in [2.75, 3.05) is 45.1 Å². The first kappa shape index (κ1) is 39.9. The van der Waals surface area contributed by atoms with Gasteiger partial charge >= 0.3 is 6.36 Å². The third kappa shape index (κ3) is 10.5. The van der Waals surface area contributed by atoms with Crippen molar-refractivity contribution in [2.45, 2.75) is 69.8 Å². The first-order valence-electron chi connectivity index (χ1n) is 19.0. The van der Waals surface area contributed by atoms with Crippen LogP contribution in [0, 0.1) is 11.7 Å². The van der Waals surface area contributed by atoms with E-state index in [9.17, 15) is 31.9 Å². The smallest absolute Gasteiger partial charge is 0.405 e. The number of alkyl halides is 3. The fourth-order valence-corrected chi connectivity index (χ4v) is 7.92. The standard InChI is InChI=1S/C42H49F4N5O4/c1-47-40(53)12-10-35(27-52)48-34-8-5-29(6-9-34)30-16-21-50(22-17-30)18-13-28-14-19-51(20-15-28)25-32-4-3-31(23-39(32)55-42(44,45)46)38-26-49(2)41(54)36-11-7-33(43)24-37(36)38/h3-9,11,23-24,26-28,30,35,48H,10,12-22,25H2,1-2H3,(H,47,53). The predicted octanol–water partition coefficient (Wildman–Crippen LogP) is 7.23. The minimum absolute atomic E-state index is 0.0905. The minimum Gasteiger partial charge on any atom is -0.405 e. The van der Waals surface area contributed by atoms with E-state index in [0.29, 0.717) is 46.9 Å². The molecule has 1 aromatic heterocycles. The molecule has 0 spiro atoms. The maximum Gasteiger partial charge on any atom is 0.573 e. The Labute approximate surface area is 318 Å². The average Bonchev–Trinajstić information content (AvgIpc) is 3.18. The van der Waals surface area contributed by atoms with Crippen LogP contribution in [0.1, 0.15) is 62.0 Å². The summed E-state index contributed by atoms with van der Waals surface area (Å²) in [5, 5.41) is 6.38. The van der Waals surface area contributed by atoms with Crippen LogP contribution in [0.3, 0.4) is 0 Å². The predicted molar refractivity (Wildman–Crippen MR) is 206 cm³/mol. The van der Waals surface area contributed by atoms with Gasteiger partial charge in [0.2, 0.25) is 5.91 Å². The van der Waals surface area contributed by atoms with E-state index in [1.54, 1.807) is 26.2 Å². The Balaban J connectivity index is 0.984. The molecule has 1 unspecified atom stereocenters. The lowest BCUT2D eigenvalue weighted by Gasteiger charge is -2.35. The first-order chi connectivity index (χ1) is 26.4. The number of carbonyl (C=O) groups is 2. The Morgan fingerprint density at radius 3 is 2.33 bits per heavy atom. The average molecular weight is 764 g/mol. The number of aromatic nitrogens is 1. The topological polar surface area (TPSA) is 95.9 Å². The molecule has 0 aliphatic carbocycles. The zero-order valence-corrected chi connectivity index (χ0v) is 31.3. The molecule has 2 saturated heterocycles. The van der Waals surface area contributed by atoms with Crippen molar-refractivity contribution in [1.82, 2.24) is 19.7 Å². The summed E-state index contributed by atoms with van der Waals surface area (Å²) in [4.78, 5) is 40.4. The number of nitrogens with zero attached hydrogens (tertiary/aromatic N) is 3. The molecule has 0 radical (unpaired) electrons. The van der Waals surface area contributed by atoms with E-state index in [1.807, 2.05) is 12.1 Å². The second kappa shape index (κ2) is 17.8. The number of hydrogen-bond donors (Lipinski definition) is 2. The van der Waals surface area contributed by atoms with E-state index in [4.69, 9.17) is 0 Å². The van der Waals surface area contributed by atoms with Crippen molar-refractivity contribution in [3.8, 4) is 16.9 Å². The highest BCUT2D eigenvalue weighted by Crippen LogP contribution is 2.36. The monoisotopic (exact) mass is 763 g/mol. The van der Waals surface area contributed by atoms with Crippen molar-refractivity contribution in [3.63, 3.8) is 0 Å². The van der Waals surface area contributed by atoms with Gasteiger partial charge in [-0.05, 0) is 136 Å². The number of carbonyl (C=O) groups excluding carboxylic acids is 2. The fourth-order valence-electron chi connectivity index (χ4n) is 7.92. The van der Waals surface area contributed by atoms with Gasteiger partial charge in [0.15, 0.2) is 0 Å². The second-order valence-corrected chi connectivity index (χ2v) is 14.9. The maximum atomic E-state index is 14.2. The Morgan fingerprint density at radius 2 is 1.65 bits per heavy atom. The van der Waals surface area contributed by atoms with Crippen molar-refractivity contribution < 1.29 is 31.9 Å². The summed E-state index contributed by atoms with van der Waals surface area (Å²) in [6, 6.07) is 16.3. The molecule has 4 aromatic rings. The van der Waals surface area contributed by atoms with E-state index in [2.05, 4.69) is 37.3 Å². The zero-order valence-electron chi connectivity index (χ0n) is 31.3. The highest BCUT2D eigenvalue weighted by molar-refractivity contribution is 5.96. The molecular formula is C42H49F4N5O4. The number of benzene rings is 3. The van der Waals surface area contributed by atoms with Crippen LogP contribution < -0.4 is 20.9 Å². The minimum atomic E-state index is -4.90. The van der Waals surface area contributed by atoms with Gasteiger partial charge in [-0.1, -0.05) is 24.3 Å². The summed E-state index contributed by atoms with van der Waals surface area (Å²) in [5.74, 6) is 0.0876. The lowest BCUT2D eigenvalue weighted by atomic mass is 9.88. The van der Waals surface area contributed by atoms with E-state index in [-0.39, 0.29) is 29.0 Å². The zero-order chi connectivity index (χ0) is 39.1. The number of likely N-dealkylation sites (tertiary alicyclic amines) is 2. The van der Waals surface area contributed by atoms with Gasteiger partial charge in [-0.2, -0.15) is 0 Å². The summed E-state index contributed by atoms with van der Waals surface area (Å²) in [6.45, 7) is 4.93. The number of aldehydes is 1. The van der Waals surface area contributed by atoms with Gasteiger partial charge in [0, 0.05) is 55.5 Å².